The number of amides is 3. The number of halogens is 2. The van der Waals surface area contributed by atoms with E-state index in [4.69, 9.17) is 9.26 Å². The van der Waals surface area contributed by atoms with E-state index in [0.717, 1.165) is 6.07 Å². The Hall–Kier alpha value is -6.12. The Morgan fingerprint density at radius 1 is 0.957 bits per heavy atom. The highest BCUT2D eigenvalue weighted by Crippen LogP contribution is 2.26. The topological polar surface area (TPSA) is 184 Å². The van der Waals surface area contributed by atoms with Gasteiger partial charge in [0.25, 0.3) is 5.89 Å². The maximum Gasteiger partial charge on any atom is 0.412 e. The highest BCUT2D eigenvalue weighted by molar-refractivity contribution is 5.92. The summed E-state index contributed by atoms with van der Waals surface area (Å²) in [5.41, 5.74) is 1.78. The summed E-state index contributed by atoms with van der Waals surface area (Å²) in [7, 11) is 0. The minimum absolute atomic E-state index is 0.0139. The normalized spacial score (nSPS) is 11.9. The number of nitrogens with one attached hydrogen (secondary N) is 4. The van der Waals surface area contributed by atoms with E-state index >= 15 is 4.39 Å². The average molecular weight is 646 g/mol. The Morgan fingerprint density at radius 3 is 2.32 bits per heavy atom. The number of carbonyl (C=O) groups is 3. The Bertz CT molecular complexity index is 1900. The van der Waals surface area contributed by atoms with Crippen LogP contribution in [0.15, 0.2) is 77.3 Å². The first-order chi connectivity index (χ1) is 22.3. The molecule has 0 saturated heterocycles. The summed E-state index contributed by atoms with van der Waals surface area (Å²) >= 11 is 0. The zero-order chi connectivity index (χ0) is 33.7. The Kier molecular flexibility index (Phi) is 9.26. The monoisotopic (exact) mass is 645 g/mol. The molecule has 2 heterocycles. The van der Waals surface area contributed by atoms with E-state index in [1.807, 2.05) is 0 Å². The number of benzene rings is 3. The van der Waals surface area contributed by atoms with E-state index in [9.17, 15) is 23.9 Å². The maximum absolute atomic E-state index is 15.2. The molecular formula is C32H29F2N7O6. The Balaban J connectivity index is 1.20. The van der Waals surface area contributed by atoms with Gasteiger partial charge < -0.3 is 19.7 Å². The number of rotatable bonds is 9. The average Bonchev–Trinajstić information content (AvgIpc) is 3.67. The number of aromatic amines is 1. The number of hydrogen-bond acceptors (Lipinski definition) is 8. The van der Waals surface area contributed by atoms with Crippen LogP contribution in [0.2, 0.25) is 0 Å². The first-order valence-electron chi connectivity index (χ1n) is 14.2. The van der Waals surface area contributed by atoms with Crippen molar-refractivity contribution in [1.29, 1.82) is 0 Å². The molecule has 2 aromatic heterocycles. The molecule has 0 aliphatic rings. The number of urea groups is 1. The van der Waals surface area contributed by atoms with E-state index < -0.39 is 41.4 Å². The van der Waals surface area contributed by atoms with Crippen LogP contribution in [0, 0.1) is 11.6 Å². The number of carbonyl (C=O) groups excluding carboxylic acids is 2. The van der Waals surface area contributed by atoms with Gasteiger partial charge in [-0.25, -0.2) is 23.2 Å². The molecule has 0 aliphatic carbocycles. The summed E-state index contributed by atoms with van der Waals surface area (Å²) in [5, 5.41) is 27.6. The molecule has 0 radical (unpaired) electrons. The molecule has 5 aromatic rings. The molecule has 5 N–H and O–H groups in total. The first-order valence-corrected chi connectivity index (χ1v) is 14.2. The van der Waals surface area contributed by atoms with Gasteiger partial charge in [0, 0.05) is 23.7 Å². The third-order valence-corrected chi connectivity index (χ3v) is 6.50. The molecule has 47 heavy (non-hydrogen) atoms. The second-order valence-corrected chi connectivity index (χ2v) is 11.3. The zero-order valence-corrected chi connectivity index (χ0v) is 25.3. The molecule has 3 aromatic carbocycles. The van der Waals surface area contributed by atoms with Crippen LogP contribution < -0.4 is 16.0 Å². The van der Waals surface area contributed by atoms with Gasteiger partial charge in [0.15, 0.2) is 5.82 Å². The van der Waals surface area contributed by atoms with Gasteiger partial charge in [-0.3, -0.25) is 15.7 Å². The fourth-order valence-electron chi connectivity index (χ4n) is 4.34. The predicted molar refractivity (Wildman–Crippen MR) is 166 cm³/mol. The molecular weight excluding hydrogens is 616 g/mol. The number of aromatic nitrogens is 4. The van der Waals surface area contributed by atoms with Crippen molar-refractivity contribution in [3.8, 4) is 34.1 Å². The summed E-state index contributed by atoms with van der Waals surface area (Å²) in [6.45, 7) is 5.26. The number of carboxylic acids is 1. The van der Waals surface area contributed by atoms with Crippen LogP contribution in [-0.2, 0) is 16.0 Å². The molecule has 3 amide bonds. The van der Waals surface area contributed by atoms with E-state index in [1.54, 1.807) is 45.0 Å². The molecule has 1 unspecified atom stereocenters. The molecule has 15 heteroatoms. The highest BCUT2D eigenvalue weighted by atomic mass is 19.1. The van der Waals surface area contributed by atoms with Gasteiger partial charge in [0.2, 0.25) is 5.82 Å². The van der Waals surface area contributed by atoms with Crippen LogP contribution in [0.4, 0.5) is 29.9 Å². The molecule has 242 valence electrons. The lowest BCUT2D eigenvalue weighted by Gasteiger charge is -2.19. The summed E-state index contributed by atoms with van der Waals surface area (Å²) < 4.78 is 38.9. The fraction of sp³-hybridized carbons (Fsp3) is 0.188. The molecule has 0 spiro atoms. The van der Waals surface area contributed by atoms with Crippen molar-refractivity contribution in [2.45, 2.75) is 38.8 Å². The number of hydrogen-bond donors (Lipinski definition) is 5. The lowest BCUT2D eigenvalue weighted by Crippen LogP contribution is -2.44. The second kappa shape index (κ2) is 13.5. The number of carboxylic acid groups (broad SMARTS) is 1. The minimum Gasteiger partial charge on any atom is -0.480 e. The van der Waals surface area contributed by atoms with E-state index in [1.165, 1.54) is 42.5 Å². The molecule has 1 atom stereocenters. The van der Waals surface area contributed by atoms with E-state index in [0.29, 0.717) is 22.5 Å². The number of aliphatic carboxylic acids is 1. The molecule has 13 nitrogen and oxygen atoms in total. The molecule has 0 saturated carbocycles. The van der Waals surface area contributed by atoms with Crippen molar-refractivity contribution in [2.24, 2.45) is 0 Å². The number of H-pyrrole nitrogens is 1. The van der Waals surface area contributed by atoms with Gasteiger partial charge in [0.05, 0.1) is 11.3 Å². The van der Waals surface area contributed by atoms with E-state index in [-0.39, 0.29) is 35.1 Å². The molecule has 5 rings (SSSR count). The summed E-state index contributed by atoms with van der Waals surface area (Å²) in [6, 6.07) is 15.4. The van der Waals surface area contributed by atoms with Crippen LogP contribution >= 0.6 is 0 Å². The number of nitrogens with zero attached hydrogens (tertiary/aromatic N) is 3. The Morgan fingerprint density at radius 2 is 1.66 bits per heavy atom. The summed E-state index contributed by atoms with van der Waals surface area (Å²) in [6.07, 6.45) is -0.840. The summed E-state index contributed by atoms with van der Waals surface area (Å²) in [5.74, 6) is -2.30. The standard InChI is InChI=1S/C32H29F2N7O6/c1-32(2,3)46-31(45)35-21-11-7-19(8-12-21)28-38-27(41-47-28)22-13-4-17(14-23(22)34)15-25(29(42)43)36-30(44)37-26-16-24(39-40-26)18-5-9-20(33)10-6-18/h4-14,16,25H,15H2,1-3H3,(H,35,45)(H,42,43)(H3,36,37,39,40,44). The molecule has 0 aliphatic heterocycles. The van der Waals surface area contributed by atoms with E-state index in [2.05, 4.69) is 36.3 Å². The van der Waals surface area contributed by atoms with Crippen LogP contribution in [0.25, 0.3) is 34.1 Å². The van der Waals surface area contributed by atoms with Crippen LogP contribution in [0.3, 0.4) is 0 Å². The van der Waals surface area contributed by atoms with Gasteiger partial charge in [-0.05, 0) is 92.6 Å². The summed E-state index contributed by atoms with van der Waals surface area (Å²) in [4.78, 5) is 40.7. The van der Waals surface area contributed by atoms with Gasteiger partial charge in [0.1, 0.15) is 23.3 Å². The quantitative estimate of drug-likeness (QED) is 0.124. The van der Waals surface area contributed by atoms with Crippen LogP contribution in [0.5, 0.6) is 0 Å². The molecule has 0 fully saturated rings. The predicted octanol–water partition coefficient (Wildman–Crippen LogP) is 6.24. The van der Waals surface area contributed by atoms with Crippen molar-refractivity contribution in [1.82, 2.24) is 25.7 Å². The molecule has 0 bridgehead atoms. The number of ether oxygens (including phenoxy) is 1. The highest BCUT2D eigenvalue weighted by Gasteiger charge is 2.23. The van der Waals surface area contributed by atoms with Crippen molar-refractivity contribution < 1.29 is 37.5 Å². The smallest absolute Gasteiger partial charge is 0.412 e. The van der Waals surface area contributed by atoms with Crippen molar-refractivity contribution >= 4 is 29.6 Å². The lowest BCUT2D eigenvalue weighted by molar-refractivity contribution is -0.139. The van der Waals surface area contributed by atoms with Crippen molar-refractivity contribution in [2.75, 3.05) is 10.6 Å². The zero-order valence-electron chi connectivity index (χ0n) is 25.3. The third kappa shape index (κ3) is 8.54. The SMILES string of the molecule is CC(C)(C)OC(=O)Nc1ccc(-c2nc(-c3ccc(CC(NC(=O)Nc4cc(-c5ccc(F)cc5)[nH]n4)C(=O)O)cc3F)no2)cc1. The number of anilines is 2. The second-order valence-electron chi connectivity index (χ2n) is 11.3. The Labute approximate surface area is 266 Å². The fourth-order valence-corrected chi connectivity index (χ4v) is 4.34. The first kappa shape index (κ1) is 32.3. The van der Waals surface area contributed by atoms with Gasteiger partial charge >= 0.3 is 18.1 Å². The van der Waals surface area contributed by atoms with Crippen LogP contribution in [-0.4, -0.2) is 55.2 Å². The van der Waals surface area contributed by atoms with Crippen molar-refractivity contribution in [3.05, 3.63) is 90.0 Å². The van der Waals surface area contributed by atoms with Crippen molar-refractivity contribution in [3.63, 3.8) is 0 Å². The maximum atomic E-state index is 15.2. The minimum atomic E-state index is -1.40. The largest absolute Gasteiger partial charge is 0.480 e. The van der Waals surface area contributed by atoms with Gasteiger partial charge in [-0.15, -0.1) is 0 Å². The van der Waals surface area contributed by atoms with Gasteiger partial charge in [-0.2, -0.15) is 10.1 Å². The van der Waals surface area contributed by atoms with Crippen LogP contribution in [0.1, 0.15) is 26.3 Å². The van der Waals surface area contributed by atoms with Gasteiger partial charge in [-0.1, -0.05) is 11.2 Å². The lowest BCUT2D eigenvalue weighted by atomic mass is 10.0. The third-order valence-electron chi connectivity index (χ3n) is 6.50.